The number of rotatable bonds is 6. The van der Waals surface area contributed by atoms with Crippen molar-refractivity contribution >= 4 is 27.1 Å². The Morgan fingerprint density at radius 1 is 1.15 bits per heavy atom. The maximum Gasteiger partial charge on any atom is 0.393 e. The van der Waals surface area contributed by atoms with Gasteiger partial charge in [-0.2, -0.15) is 13.2 Å². The van der Waals surface area contributed by atoms with Crippen molar-refractivity contribution < 1.29 is 26.5 Å². The van der Waals surface area contributed by atoms with Gasteiger partial charge in [-0.1, -0.05) is 12.1 Å². The lowest BCUT2D eigenvalue weighted by atomic mass is 10.1. The summed E-state index contributed by atoms with van der Waals surface area (Å²) in [5.74, 6) is 0. The summed E-state index contributed by atoms with van der Waals surface area (Å²) in [4.78, 5) is 10.2. The van der Waals surface area contributed by atoms with Crippen LogP contribution in [0.15, 0.2) is 47.4 Å². The number of nitrogens with zero attached hydrogens (tertiary/aromatic N) is 1. The Kier molecular flexibility index (Phi) is 5.52. The van der Waals surface area contributed by atoms with E-state index in [0.29, 0.717) is 0 Å². The van der Waals surface area contributed by atoms with Crippen molar-refractivity contribution in [3.8, 4) is 0 Å². The third-order valence-corrected chi connectivity index (χ3v) is 4.77. The van der Waals surface area contributed by atoms with Crippen LogP contribution >= 0.6 is 0 Å². The molecular formula is C15H14F3N3O4S. The van der Waals surface area contributed by atoms with Gasteiger partial charge >= 0.3 is 6.18 Å². The number of nitro groups is 1. The Bertz CT molecular complexity index is 930. The van der Waals surface area contributed by atoms with Gasteiger partial charge in [0.25, 0.3) is 5.69 Å². The number of nitro benzene ring substituents is 1. The number of nitrogens with one attached hydrogen (secondary N) is 2. The van der Waals surface area contributed by atoms with Crippen LogP contribution in [0.4, 0.5) is 30.2 Å². The standard InChI is InChI=1S/C15H14F3N3O4S/c1-19-26(24,25)12-5-6-13(14(8-12)21(22)23)20-11-4-2-3-10(7-11)9-15(16,17)18/h2-8,19-20H,9H2,1H3. The molecule has 2 rings (SSSR count). The van der Waals surface area contributed by atoms with Crippen molar-refractivity contribution in [1.82, 2.24) is 4.72 Å². The number of anilines is 2. The van der Waals surface area contributed by atoms with E-state index in [-0.39, 0.29) is 21.8 Å². The Hall–Kier alpha value is -2.66. The van der Waals surface area contributed by atoms with Crippen molar-refractivity contribution in [3.05, 3.63) is 58.1 Å². The molecule has 0 aromatic heterocycles. The summed E-state index contributed by atoms with van der Waals surface area (Å²) in [5.41, 5.74) is -0.379. The van der Waals surface area contributed by atoms with E-state index in [2.05, 4.69) is 5.32 Å². The van der Waals surface area contributed by atoms with Crippen LogP contribution in [0.1, 0.15) is 5.56 Å². The van der Waals surface area contributed by atoms with Gasteiger partial charge in [0, 0.05) is 11.8 Å². The lowest BCUT2D eigenvalue weighted by molar-refractivity contribution is -0.384. The minimum Gasteiger partial charge on any atom is -0.350 e. The fourth-order valence-corrected chi connectivity index (χ4v) is 2.95. The molecule has 26 heavy (non-hydrogen) atoms. The van der Waals surface area contributed by atoms with E-state index in [9.17, 15) is 31.7 Å². The van der Waals surface area contributed by atoms with E-state index in [1.165, 1.54) is 37.4 Å². The molecule has 2 aromatic rings. The first-order valence-corrected chi connectivity index (χ1v) is 8.65. The fourth-order valence-electron chi connectivity index (χ4n) is 2.20. The fraction of sp³-hybridized carbons (Fsp3) is 0.200. The summed E-state index contributed by atoms with van der Waals surface area (Å²) in [6.07, 6.45) is -5.52. The van der Waals surface area contributed by atoms with Crippen LogP contribution in [-0.2, 0) is 16.4 Å². The summed E-state index contributed by atoms with van der Waals surface area (Å²) in [6.45, 7) is 0. The average Bonchev–Trinajstić information content (AvgIpc) is 2.53. The molecule has 2 aromatic carbocycles. The molecule has 0 unspecified atom stereocenters. The summed E-state index contributed by atoms with van der Waals surface area (Å²) in [7, 11) is -2.71. The number of halogens is 3. The van der Waals surface area contributed by atoms with E-state index in [0.717, 1.165) is 12.1 Å². The van der Waals surface area contributed by atoms with Crippen LogP contribution in [0.2, 0.25) is 0 Å². The Balaban J connectivity index is 2.38. The van der Waals surface area contributed by atoms with Gasteiger partial charge in [-0.3, -0.25) is 10.1 Å². The van der Waals surface area contributed by atoms with Crippen LogP contribution in [0.25, 0.3) is 0 Å². The Morgan fingerprint density at radius 2 is 1.85 bits per heavy atom. The van der Waals surface area contributed by atoms with Gasteiger partial charge < -0.3 is 5.32 Å². The molecule has 0 bridgehead atoms. The van der Waals surface area contributed by atoms with E-state index >= 15 is 0 Å². The zero-order chi connectivity index (χ0) is 19.5. The van der Waals surface area contributed by atoms with Gasteiger partial charge in [0.1, 0.15) is 5.69 Å². The van der Waals surface area contributed by atoms with Crippen molar-refractivity contribution in [2.45, 2.75) is 17.5 Å². The highest BCUT2D eigenvalue weighted by molar-refractivity contribution is 7.89. The largest absolute Gasteiger partial charge is 0.393 e. The van der Waals surface area contributed by atoms with Gasteiger partial charge in [0.15, 0.2) is 0 Å². The maximum absolute atomic E-state index is 12.5. The number of alkyl halides is 3. The molecule has 0 fully saturated rings. The van der Waals surface area contributed by atoms with Crippen molar-refractivity contribution in [3.63, 3.8) is 0 Å². The molecule has 0 atom stereocenters. The van der Waals surface area contributed by atoms with Gasteiger partial charge in [-0.05, 0) is 36.9 Å². The number of hydrogen-bond donors (Lipinski definition) is 2. The lowest BCUT2D eigenvalue weighted by Crippen LogP contribution is -2.18. The van der Waals surface area contributed by atoms with Crippen LogP contribution in [0, 0.1) is 10.1 Å². The number of benzene rings is 2. The van der Waals surface area contributed by atoms with Crippen molar-refractivity contribution in [2.75, 3.05) is 12.4 Å². The molecule has 0 spiro atoms. The molecule has 0 saturated carbocycles. The van der Waals surface area contributed by atoms with Crippen LogP contribution in [0.5, 0.6) is 0 Å². The quantitative estimate of drug-likeness (QED) is 0.583. The topological polar surface area (TPSA) is 101 Å². The van der Waals surface area contributed by atoms with E-state index in [1.807, 2.05) is 4.72 Å². The molecule has 2 N–H and O–H groups in total. The summed E-state index contributed by atoms with van der Waals surface area (Å²) in [5, 5.41) is 13.9. The first-order chi connectivity index (χ1) is 12.0. The first-order valence-electron chi connectivity index (χ1n) is 7.16. The van der Waals surface area contributed by atoms with E-state index in [4.69, 9.17) is 0 Å². The zero-order valence-corrected chi connectivity index (χ0v) is 14.2. The Labute approximate surface area is 147 Å². The average molecular weight is 389 g/mol. The molecule has 0 aliphatic carbocycles. The van der Waals surface area contributed by atoms with Crippen LogP contribution in [-0.4, -0.2) is 26.6 Å². The molecule has 0 aliphatic heterocycles. The molecule has 0 aliphatic rings. The molecule has 0 saturated heterocycles. The molecule has 0 amide bonds. The number of hydrogen-bond acceptors (Lipinski definition) is 5. The monoisotopic (exact) mass is 389 g/mol. The predicted octanol–water partition coefficient (Wildman–Crippen LogP) is 3.35. The molecule has 140 valence electrons. The van der Waals surface area contributed by atoms with Crippen molar-refractivity contribution in [2.24, 2.45) is 0 Å². The molecular weight excluding hydrogens is 375 g/mol. The Morgan fingerprint density at radius 3 is 2.42 bits per heavy atom. The van der Waals surface area contributed by atoms with E-state index < -0.39 is 33.2 Å². The van der Waals surface area contributed by atoms with Gasteiger partial charge in [-0.15, -0.1) is 0 Å². The minimum atomic E-state index is -4.38. The third-order valence-electron chi connectivity index (χ3n) is 3.36. The highest BCUT2D eigenvalue weighted by Gasteiger charge is 2.27. The zero-order valence-electron chi connectivity index (χ0n) is 13.4. The van der Waals surface area contributed by atoms with E-state index in [1.54, 1.807) is 0 Å². The van der Waals surface area contributed by atoms with Gasteiger partial charge in [-0.25, -0.2) is 13.1 Å². The lowest BCUT2D eigenvalue weighted by Gasteiger charge is -2.11. The smallest absolute Gasteiger partial charge is 0.350 e. The van der Waals surface area contributed by atoms with Gasteiger partial charge in [0.05, 0.1) is 16.2 Å². The normalized spacial score (nSPS) is 12.0. The molecule has 0 heterocycles. The summed E-state index contributed by atoms with van der Waals surface area (Å²) in [6, 6.07) is 8.54. The van der Waals surface area contributed by atoms with Gasteiger partial charge in [0.2, 0.25) is 10.0 Å². The highest BCUT2D eigenvalue weighted by Crippen LogP contribution is 2.31. The van der Waals surface area contributed by atoms with Crippen LogP contribution < -0.4 is 10.0 Å². The second-order valence-electron chi connectivity index (χ2n) is 5.26. The second kappa shape index (κ2) is 7.30. The SMILES string of the molecule is CNS(=O)(=O)c1ccc(Nc2cccc(CC(F)(F)F)c2)c([N+](=O)[O-])c1. The third kappa shape index (κ3) is 4.92. The maximum atomic E-state index is 12.5. The second-order valence-corrected chi connectivity index (χ2v) is 7.15. The molecule has 0 radical (unpaired) electrons. The highest BCUT2D eigenvalue weighted by atomic mass is 32.2. The first kappa shape index (κ1) is 19.7. The predicted molar refractivity (Wildman–Crippen MR) is 88.8 cm³/mol. The molecule has 11 heteroatoms. The van der Waals surface area contributed by atoms with Crippen LogP contribution in [0.3, 0.4) is 0 Å². The number of sulfonamides is 1. The minimum absolute atomic E-state index is 0.0143. The summed E-state index contributed by atoms with van der Waals surface area (Å²) < 4.78 is 63.0. The molecule has 7 nitrogen and oxygen atoms in total. The summed E-state index contributed by atoms with van der Waals surface area (Å²) >= 11 is 0. The van der Waals surface area contributed by atoms with Crippen molar-refractivity contribution in [1.29, 1.82) is 0 Å².